The molecule has 0 radical (unpaired) electrons. The summed E-state index contributed by atoms with van der Waals surface area (Å²) in [7, 11) is -0.927. The number of benzene rings is 1. The van der Waals surface area contributed by atoms with Crippen LogP contribution >= 0.6 is 0 Å². The zero-order valence-electron chi connectivity index (χ0n) is 14.1. The molecular weight excluding hydrogens is 326 g/mol. The van der Waals surface area contributed by atoms with Crippen LogP contribution in [0.25, 0.3) is 0 Å². The van der Waals surface area contributed by atoms with E-state index in [0.717, 1.165) is 25.2 Å². The standard InChI is InChI=1S/C17H25N3O3S/c1-18(15-5-3-2-4-6-15)13-17(21)20-10-8-19(9-11-20)16-7-12-24(22,23)14-16/h2-6,16H,7-14H2,1H3/t16-/m1/s1. The van der Waals surface area contributed by atoms with E-state index in [2.05, 4.69) is 4.90 Å². The van der Waals surface area contributed by atoms with Gasteiger partial charge in [0.05, 0.1) is 18.1 Å². The molecule has 132 valence electrons. The average molecular weight is 351 g/mol. The molecule has 24 heavy (non-hydrogen) atoms. The van der Waals surface area contributed by atoms with E-state index < -0.39 is 9.84 Å². The van der Waals surface area contributed by atoms with E-state index in [1.165, 1.54) is 0 Å². The summed E-state index contributed by atoms with van der Waals surface area (Å²) < 4.78 is 23.2. The van der Waals surface area contributed by atoms with Crippen LogP contribution in [-0.4, -0.2) is 81.4 Å². The van der Waals surface area contributed by atoms with Crippen LogP contribution in [0.5, 0.6) is 0 Å². The molecule has 3 rings (SSSR count). The Bertz CT molecular complexity index is 670. The van der Waals surface area contributed by atoms with Crippen LogP contribution in [0.2, 0.25) is 0 Å². The number of hydrogen-bond donors (Lipinski definition) is 0. The molecule has 2 aliphatic rings. The number of piperazine rings is 1. The molecule has 1 atom stereocenters. The summed E-state index contributed by atoms with van der Waals surface area (Å²) in [4.78, 5) is 18.6. The van der Waals surface area contributed by atoms with E-state index in [9.17, 15) is 13.2 Å². The van der Waals surface area contributed by atoms with Gasteiger partial charge in [-0.05, 0) is 18.6 Å². The lowest BCUT2D eigenvalue weighted by molar-refractivity contribution is -0.131. The van der Waals surface area contributed by atoms with Crippen molar-refractivity contribution in [3.8, 4) is 0 Å². The molecule has 1 aromatic carbocycles. The van der Waals surface area contributed by atoms with Gasteiger partial charge in [0, 0.05) is 45.0 Å². The average Bonchev–Trinajstić information content (AvgIpc) is 2.95. The monoisotopic (exact) mass is 351 g/mol. The van der Waals surface area contributed by atoms with Crippen LogP contribution in [0.1, 0.15) is 6.42 Å². The summed E-state index contributed by atoms with van der Waals surface area (Å²) in [6.07, 6.45) is 0.729. The summed E-state index contributed by atoms with van der Waals surface area (Å²) in [5.41, 5.74) is 1.03. The Balaban J connectivity index is 1.49. The van der Waals surface area contributed by atoms with E-state index in [1.54, 1.807) is 0 Å². The van der Waals surface area contributed by atoms with Crippen LogP contribution in [-0.2, 0) is 14.6 Å². The fourth-order valence-corrected chi connectivity index (χ4v) is 5.24. The Morgan fingerprint density at radius 3 is 2.42 bits per heavy atom. The summed E-state index contributed by atoms with van der Waals surface area (Å²) >= 11 is 0. The van der Waals surface area contributed by atoms with E-state index in [4.69, 9.17) is 0 Å². The molecule has 1 aromatic rings. The molecule has 2 fully saturated rings. The van der Waals surface area contributed by atoms with Gasteiger partial charge in [0.25, 0.3) is 0 Å². The third-order valence-corrected chi connectivity index (χ3v) is 6.71. The Morgan fingerprint density at radius 1 is 1.17 bits per heavy atom. The molecule has 0 aliphatic carbocycles. The van der Waals surface area contributed by atoms with Crippen molar-refractivity contribution in [3.63, 3.8) is 0 Å². The van der Waals surface area contributed by atoms with Crippen LogP contribution in [0.15, 0.2) is 30.3 Å². The minimum atomic E-state index is -2.85. The highest BCUT2D eigenvalue weighted by Gasteiger charge is 2.34. The first kappa shape index (κ1) is 17.2. The van der Waals surface area contributed by atoms with E-state index >= 15 is 0 Å². The maximum atomic E-state index is 12.5. The van der Waals surface area contributed by atoms with Crippen molar-refractivity contribution in [3.05, 3.63) is 30.3 Å². The fraction of sp³-hybridized carbons (Fsp3) is 0.588. The van der Waals surface area contributed by atoms with Crippen molar-refractivity contribution in [2.24, 2.45) is 0 Å². The predicted molar refractivity (Wildman–Crippen MR) is 94.9 cm³/mol. The molecule has 0 spiro atoms. The first-order chi connectivity index (χ1) is 11.4. The first-order valence-corrected chi connectivity index (χ1v) is 10.3. The maximum Gasteiger partial charge on any atom is 0.242 e. The predicted octanol–water partition coefficient (Wildman–Crippen LogP) is 0.454. The second-order valence-electron chi connectivity index (χ2n) is 6.67. The number of hydrogen-bond acceptors (Lipinski definition) is 5. The number of sulfone groups is 1. The van der Waals surface area contributed by atoms with Gasteiger partial charge >= 0.3 is 0 Å². The van der Waals surface area contributed by atoms with Crippen molar-refractivity contribution >= 4 is 21.4 Å². The highest BCUT2D eigenvalue weighted by Crippen LogP contribution is 2.19. The molecule has 1 amide bonds. The van der Waals surface area contributed by atoms with Crippen molar-refractivity contribution in [1.29, 1.82) is 0 Å². The largest absolute Gasteiger partial charge is 0.365 e. The van der Waals surface area contributed by atoms with Gasteiger partial charge in [0.15, 0.2) is 9.84 Å². The quantitative estimate of drug-likeness (QED) is 0.788. The van der Waals surface area contributed by atoms with E-state index in [0.29, 0.717) is 25.4 Å². The number of carbonyl (C=O) groups excluding carboxylic acids is 1. The number of para-hydroxylation sites is 1. The molecule has 0 saturated carbocycles. The Hall–Kier alpha value is -1.60. The van der Waals surface area contributed by atoms with E-state index in [-0.39, 0.29) is 17.7 Å². The topological polar surface area (TPSA) is 60.9 Å². The van der Waals surface area contributed by atoms with Crippen molar-refractivity contribution in [2.75, 3.05) is 56.2 Å². The van der Waals surface area contributed by atoms with Crippen LogP contribution in [0.3, 0.4) is 0 Å². The van der Waals surface area contributed by atoms with Gasteiger partial charge in [-0.2, -0.15) is 0 Å². The van der Waals surface area contributed by atoms with Crippen molar-refractivity contribution in [1.82, 2.24) is 9.80 Å². The van der Waals surface area contributed by atoms with Crippen LogP contribution < -0.4 is 4.90 Å². The van der Waals surface area contributed by atoms with Gasteiger partial charge in [0.1, 0.15) is 0 Å². The molecule has 7 heteroatoms. The van der Waals surface area contributed by atoms with Crippen LogP contribution in [0.4, 0.5) is 5.69 Å². The molecule has 6 nitrogen and oxygen atoms in total. The van der Waals surface area contributed by atoms with Crippen molar-refractivity contribution in [2.45, 2.75) is 12.5 Å². The number of amides is 1. The molecule has 0 N–H and O–H groups in total. The van der Waals surface area contributed by atoms with Gasteiger partial charge in [-0.1, -0.05) is 18.2 Å². The molecule has 0 unspecified atom stereocenters. The summed E-state index contributed by atoms with van der Waals surface area (Å²) in [6, 6.07) is 10.0. The maximum absolute atomic E-state index is 12.5. The van der Waals surface area contributed by atoms with E-state index in [1.807, 2.05) is 47.2 Å². The van der Waals surface area contributed by atoms with Gasteiger partial charge in [-0.25, -0.2) is 8.42 Å². The molecule has 2 aliphatic heterocycles. The minimum absolute atomic E-state index is 0.125. The summed E-state index contributed by atoms with van der Waals surface area (Å²) in [5, 5.41) is 0. The molecule has 2 saturated heterocycles. The van der Waals surface area contributed by atoms with Gasteiger partial charge in [-0.15, -0.1) is 0 Å². The lowest BCUT2D eigenvalue weighted by atomic mass is 10.2. The molecular formula is C17H25N3O3S. The number of anilines is 1. The number of nitrogens with zero attached hydrogens (tertiary/aromatic N) is 3. The second-order valence-corrected chi connectivity index (χ2v) is 8.89. The lowest BCUT2D eigenvalue weighted by Gasteiger charge is -2.38. The van der Waals surface area contributed by atoms with Gasteiger partial charge in [0.2, 0.25) is 5.91 Å². The molecule has 0 aromatic heterocycles. The third-order valence-electron chi connectivity index (χ3n) is 4.96. The molecule has 2 heterocycles. The number of likely N-dealkylation sites (N-methyl/N-ethyl adjacent to an activating group) is 1. The summed E-state index contributed by atoms with van der Waals surface area (Å²) in [6.45, 7) is 3.25. The Morgan fingerprint density at radius 2 is 1.83 bits per heavy atom. The zero-order chi connectivity index (χ0) is 17.2. The highest BCUT2D eigenvalue weighted by atomic mass is 32.2. The number of carbonyl (C=O) groups is 1. The summed E-state index contributed by atoms with van der Waals surface area (Å²) in [5.74, 6) is 0.705. The minimum Gasteiger partial charge on any atom is -0.365 e. The van der Waals surface area contributed by atoms with Crippen molar-refractivity contribution < 1.29 is 13.2 Å². The third kappa shape index (κ3) is 4.08. The lowest BCUT2D eigenvalue weighted by Crippen LogP contribution is -2.53. The number of rotatable bonds is 4. The first-order valence-electron chi connectivity index (χ1n) is 8.43. The highest BCUT2D eigenvalue weighted by molar-refractivity contribution is 7.91. The Kier molecular flexibility index (Phi) is 5.10. The molecule has 0 bridgehead atoms. The van der Waals surface area contributed by atoms with Gasteiger partial charge < -0.3 is 9.80 Å². The normalized spacial score (nSPS) is 24.0. The SMILES string of the molecule is CN(CC(=O)N1CCN([C@@H]2CCS(=O)(=O)C2)CC1)c1ccccc1. The fourth-order valence-electron chi connectivity index (χ4n) is 3.48. The van der Waals surface area contributed by atoms with Crippen LogP contribution in [0, 0.1) is 0 Å². The second kappa shape index (κ2) is 7.11. The van der Waals surface area contributed by atoms with Gasteiger partial charge in [-0.3, -0.25) is 9.69 Å². The Labute approximate surface area is 144 Å². The smallest absolute Gasteiger partial charge is 0.242 e. The zero-order valence-corrected chi connectivity index (χ0v) is 14.9.